The van der Waals surface area contributed by atoms with E-state index in [4.69, 9.17) is 4.74 Å². The highest BCUT2D eigenvalue weighted by atomic mass is 16.5. The Morgan fingerprint density at radius 1 is 1.56 bits per heavy atom. The molecule has 0 bridgehead atoms. The van der Waals surface area contributed by atoms with Gasteiger partial charge in [0.15, 0.2) is 5.75 Å². The quantitative estimate of drug-likeness (QED) is 0.786. The number of rotatable bonds is 5. The van der Waals surface area contributed by atoms with E-state index in [1.165, 1.54) is 11.7 Å². The van der Waals surface area contributed by atoms with Crippen molar-refractivity contribution in [3.05, 3.63) is 28.7 Å². The van der Waals surface area contributed by atoms with E-state index in [2.05, 4.69) is 5.32 Å². The predicted molar refractivity (Wildman–Crippen MR) is 60.6 cm³/mol. The highest BCUT2D eigenvalue weighted by molar-refractivity contribution is 5.75. The molecular weight excluding hydrogens is 208 g/mol. The van der Waals surface area contributed by atoms with Crippen LogP contribution in [0.4, 0.5) is 0 Å². The second-order valence-corrected chi connectivity index (χ2v) is 3.36. The second-order valence-electron chi connectivity index (χ2n) is 3.36. The molecule has 5 heteroatoms. The molecule has 0 atom stereocenters. The number of hydrogen-bond acceptors (Lipinski definition) is 3. The first-order chi connectivity index (χ1) is 7.69. The van der Waals surface area contributed by atoms with Crippen molar-refractivity contribution in [1.82, 2.24) is 9.88 Å². The number of carbonyl (C=O) groups is 1. The lowest BCUT2D eigenvalue weighted by Crippen LogP contribution is -2.32. The molecule has 16 heavy (non-hydrogen) atoms. The van der Waals surface area contributed by atoms with Crippen LogP contribution in [0.2, 0.25) is 0 Å². The maximum absolute atomic E-state index is 11.7. The molecule has 1 N–H and O–H groups in total. The third-order valence-electron chi connectivity index (χ3n) is 2.09. The summed E-state index contributed by atoms with van der Waals surface area (Å²) >= 11 is 0. The molecule has 0 aliphatic heterocycles. The van der Waals surface area contributed by atoms with Crippen molar-refractivity contribution >= 4 is 5.91 Å². The van der Waals surface area contributed by atoms with E-state index in [-0.39, 0.29) is 23.8 Å². The molecule has 0 radical (unpaired) electrons. The van der Waals surface area contributed by atoms with E-state index < -0.39 is 0 Å². The van der Waals surface area contributed by atoms with Gasteiger partial charge in [0.1, 0.15) is 6.54 Å². The summed E-state index contributed by atoms with van der Waals surface area (Å²) in [5.74, 6) is 0.0722. The van der Waals surface area contributed by atoms with Crippen molar-refractivity contribution in [2.45, 2.75) is 19.9 Å². The summed E-state index contributed by atoms with van der Waals surface area (Å²) in [4.78, 5) is 23.1. The zero-order valence-corrected chi connectivity index (χ0v) is 9.53. The third kappa shape index (κ3) is 3.12. The summed E-state index contributed by atoms with van der Waals surface area (Å²) in [6.45, 7) is 2.62. The Morgan fingerprint density at radius 3 is 2.94 bits per heavy atom. The molecule has 0 saturated heterocycles. The van der Waals surface area contributed by atoms with Gasteiger partial charge >= 0.3 is 0 Å². The molecule has 1 rings (SSSR count). The number of ether oxygens (including phenoxy) is 1. The molecule has 0 saturated carbocycles. The lowest BCUT2D eigenvalue weighted by molar-refractivity contribution is -0.121. The van der Waals surface area contributed by atoms with Crippen molar-refractivity contribution in [2.75, 3.05) is 13.7 Å². The van der Waals surface area contributed by atoms with Crippen LogP contribution in [-0.4, -0.2) is 24.1 Å². The fourth-order valence-corrected chi connectivity index (χ4v) is 1.27. The maximum Gasteiger partial charge on any atom is 0.293 e. The molecule has 0 unspecified atom stereocenters. The molecule has 0 spiro atoms. The van der Waals surface area contributed by atoms with E-state index in [9.17, 15) is 9.59 Å². The monoisotopic (exact) mass is 224 g/mol. The minimum absolute atomic E-state index is 0.0238. The number of hydrogen-bond donors (Lipinski definition) is 1. The van der Waals surface area contributed by atoms with Gasteiger partial charge in [0.25, 0.3) is 5.56 Å². The molecule has 0 aliphatic carbocycles. The maximum atomic E-state index is 11.7. The SMILES string of the molecule is CCCNC(=O)Cn1cccc(OC)c1=O. The van der Waals surface area contributed by atoms with E-state index >= 15 is 0 Å². The standard InChI is InChI=1S/C11H16N2O3/c1-3-6-12-10(14)8-13-7-4-5-9(16-2)11(13)15/h4-5,7H,3,6,8H2,1-2H3,(H,12,14). The minimum Gasteiger partial charge on any atom is -0.491 e. The van der Waals surface area contributed by atoms with Crippen LogP contribution in [0.1, 0.15) is 13.3 Å². The third-order valence-corrected chi connectivity index (χ3v) is 2.09. The Hall–Kier alpha value is -1.78. The highest BCUT2D eigenvalue weighted by Gasteiger charge is 2.06. The van der Waals surface area contributed by atoms with Gasteiger partial charge in [0.05, 0.1) is 7.11 Å². The normalized spacial score (nSPS) is 9.88. The fraction of sp³-hybridized carbons (Fsp3) is 0.455. The van der Waals surface area contributed by atoms with Crippen LogP contribution in [0.15, 0.2) is 23.1 Å². The Kier molecular flexibility index (Phi) is 4.57. The van der Waals surface area contributed by atoms with E-state index in [1.54, 1.807) is 18.3 Å². The average Bonchev–Trinajstić information content (AvgIpc) is 2.29. The predicted octanol–water partition coefficient (Wildman–Crippen LogP) is 0.383. The van der Waals surface area contributed by atoms with Gasteiger partial charge in [-0.3, -0.25) is 9.59 Å². The molecule has 1 aromatic rings. The molecule has 1 amide bonds. The van der Waals surface area contributed by atoms with E-state index in [1.807, 2.05) is 6.92 Å². The fourth-order valence-electron chi connectivity index (χ4n) is 1.27. The lowest BCUT2D eigenvalue weighted by Gasteiger charge is -2.07. The zero-order chi connectivity index (χ0) is 12.0. The summed E-state index contributed by atoms with van der Waals surface area (Å²) in [7, 11) is 1.43. The molecule has 1 heterocycles. The number of methoxy groups -OCH3 is 1. The van der Waals surface area contributed by atoms with Gasteiger partial charge in [-0.1, -0.05) is 6.92 Å². The molecule has 0 fully saturated rings. The van der Waals surface area contributed by atoms with Crippen LogP contribution in [0.5, 0.6) is 5.75 Å². The van der Waals surface area contributed by atoms with Crippen molar-refractivity contribution in [3.63, 3.8) is 0 Å². The first-order valence-electron chi connectivity index (χ1n) is 5.19. The first-order valence-corrected chi connectivity index (χ1v) is 5.19. The summed E-state index contributed by atoms with van der Waals surface area (Å²) in [5, 5.41) is 2.71. The Bertz CT molecular complexity index is 412. The van der Waals surface area contributed by atoms with Crippen molar-refractivity contribution < 1.29 is 9.53 Å². The zero-order valence-electron chi connectivity index (χ0n) is 9.53. The van der Waals surface area contributed by atoms with Crippen molar-refractivity contribution in [1.29, 1.82) is 0 Å². The Balaban J connectivity index is 2.74. The molecule has 0 aromatic carbocycles. The number of nitrogens with zero attached hydrogens (tertiary/aromatic N) is 1. The Morgan fingerprint density at radius 2 is 2.31 bits per heavy atom. The van der Waals surface area contributed by atoms with Gasteiger partial charge < -0.3 is 14.6 Å². The Labute approximate surface area is 94.0 Å². The number of aromatic nitrogens is 1. The largest absolute Gasteiger partial charge is 0.491 e. The minimum atomic E-state index is -0.295. The number of nitrogens with one attached hydrogen (secondary N) is 1. The number of carbonyl (C=O) groups excluding carboxylic acids is 1. The number of pyridine rings is 1. The molecule has 5 nitrogen and oxygen atoms in total. The van der Waals surface area contributed by atoms with Gasteiger partial charge in [0, 0.05) is 12.7 Å². The van der Waals surface area contributed by atoms with Crippen LogP contribution in [0.25, 0.3) is 0 Å². The van der Waals surface area contributed by atoms with Crippen LogP contribution in [0.3, 0.4) is 0 Å². The van der Waals surface area contributed by atoms with Crippen LogP contribution in [0, 0.1) is 0 Å². The second kappa shape index (κ2) is 5.95. The van der Waals surface area contributed by atoms with Crippen LogP contribution >= 0.6 is 0 Å². The van der Waals surface area contributed by atoms with Crippen molar-refractivity contribution in [3.8, 4) is 5.75 Å². The van der Waals surface area contributed by atoms with Gasteiger partial charge in [-0.05, 0) is 18.6 Å². The first kappa shape index (κ1) is 12.3. The average molecular weight is 224 g/mol. The lowest BCUT2D eigenvalue weighted by atomic mass is 10.4. The van der Waals surface area contributed by atoms with Crippen molar-refractivity contribution in [2.24, 2.45) is 0 Å². The topological polar surface area (TPSA) is 60.3 Å². The smallest absolute Gasteiger partial charge is 0.293 e. The van der Waals surface area contributed by atoms with Gasteiger partial charge in [0.2, 0.25) is 5.91 Å². The summed E-state index contributed by atoms with van der Waals surface area (Å²) < 4.78 is 6.21. The summed E-state index contributed by atoms with van der Waals surface area (Å²) in [6.07, 6.45) is 2.44. The molecule has 0 aliphatic rings. The highest BCUT2D eigenvalue weighted by Crippen LogP contribution is 1.99. The van der Waals surface area contributed by atoms with Gasteiger partial charge in [-0.15, -0.1) is 0 Å². The van der Waals surface area contributed by atoms with Crippen LogP contribution < -0.4 is 15.6 Å². The summed E-state index contributed by atoms with van der Waals surface area (Å²) in [6, 6.07) is 3.25. The van der Waals surface area contributed by atoms with Gasteiger partial charge in [-0.25, -0.2) is 0 Å². The van der Waals surface area contributed by atoms with E-state index in [0.29, 0.717) is 6.54 Å². The molecular formula is C11H16N2O3. The summed E-state index contributed by atoms with van der Waals surface area (Å²) in [5.41, 5.74) is -0.295. The van der Waals surface area contributed by atoms with Crippen LogP contribution in [-0.2, 0) is 11.3 Å². The number of amides is 1. The molecule has 88 valence electrons. The molecule has 1 aromatic heterocycles. The van der Waals surface area contributed by atoms with E-state index in [0.717, 1.165) is 6.42 Å². The van der Waals surface area contributed by atoms with Gasteiger partial charge in [-0.2, -0.15) is 0 Å².